The monoisotopic (exact) mass is 228 g/mol. The normalized spacial score (nSPS) is 19.7. The summed E-state index contributed by atoms with van der Waals surface area (Å²) in [5.74, 6) is 1.51. The lowest BCUT2D eigenvalue weighted by atomic mass is 9.90. The first-order valence-electron chi connectivity index (χ1n) is 7.10. The van der Waals surface area contributed by atoms with E-state index in [1.807, 2.05) is 0 Å². The van der Waals surface area contributed by atoms with Gasteiger partial charge in [0.05, 0.1) is 0 Å². The van der Waals surface area contributed by atoms with Crippen molar-refractivity contribution in [2.75, 3.05) is 0 Å². The van der Waals surface area contributed by atoms with Gasteiger partial charge in [-0.15, -0.1) is 0 Å². The first-order chi connectivity index (χ1) is 7.77. The molecule has 0 aromatic carbocycles. The van der Waals surface area contributed by atoms with E-state index in [0.29, 0.717) is 5.92 Å². The lowest BCUT2D eigenvalue weighted by Gasteiger charge is -2.15. The topological polar surface area (TPSA) is 25.1 Å². The van der Waals surface area contributed by atoms with Crippen LogP contribution in [-0.2, 0) is 9.78 Å². The summed E-state index contributed by atoms with van der Waals surface area (Å²) in [7, 11) is 0. The Balaban J connectivity index is 2.11. The van der Waals surface area contributed by atoms with Crippen molar-refractivity contribution in [3.8, 4) is 0 Å². The van der Waals surface area contributed by atoms with Crippen LogP contribution in [-0.4, -0.2) is 6.29 Å². The number of rotatable bonds is 10. The lowest BCUT2D eigenvalue weighted by Crippen LogP contribution is -2.10. The summed E-state index contributed by atoms with van der Waals surface area (Å²) in [5, 5.41) is 0. The molecule has 0 spiro atoms. The summed E-state index contributed by atoms with van der Waals surface area (Å²) in [5.41, 5.74) is 0. The van der Waals surface area contributed by atoms with Gasteiger partial charge >= 0.3 is 0 Å². The van der Waals surface area contributed by atoms with Crippen molar-refractivity contribution in [1.82, 2.24) is 0 Å². The van der Waals surface area contributed by atoms with E-state index >= 15 is 0 Å². The Hall–Kier alpha value is -0.0800. The van der Waals surface area contributed by atoms with Crippen LogP contribution in [0.3, 0.4) is 0 Å². The summed E-state index contributed by atoms with van der Waals surface area (Å²) >= 11 is 0. The van der Waals surface area contributed by atoms with Crippen LogP contribution < -0.4 is 0 Å². The molecule has 1 aliphatic heterocycles. The quantitative estimate of drug-likeness (QED) is 0.400. The first-order valence-corrected chi connectivity index (χ1v) is 7.10. The van der Waals surface area contributed by atoms with E-state index in [1.54, 1.807) is 0 Å². The first kappa shape index (κ1) is 14.0. The fraction of sp³-hybridized carbons (Fsp3) is 1.00. The minimum atomic E-state index is 0.130. The Morgan fingerprint density at radius 1 is 0.875 bits per heavy atom. The van der Waals surface area contributed by atoms with E-state index in [1.165, 1.54) is 51.4 Å². The average Bonchev–Trinajstić information content (AvgIpc) is 3.10. The van der Waals surface area contributed by atoms with E-state index in [2.05, 4.69) is 20.8 Å². The molecule has 0 bridgehead atoms. The van der Waals surface area contributed by atoms with Crippen molar-refractivity contribution >= 4 is 0 Å². The van der Waals surface area contributed by atoms with Gasteiger partial charge in [0.1, 0.15) is 0 Å². The number of hydrogen-bond acceptors (Lipinski definition) is 2. The van der Waals surface area contributed by atoms with Crippen molar-refractivity contribution in [2.24, 2.45) is 11.8 Å². The smallest absolute Gasteiger partial charge is 0.198 e. The number of unbranched alkanes of at least 4 members (excludes halogenated alkanes) is 2. The highest BCUT2D eigenvalue weighted by Gasteiger charge is 2.35. The van der Waals surface area contributed by atoms with E-state index in [0.717, 1.165) is 5.92 Å². The molecule has 0 aromatic heterocycles. The molecule has 0 aliphatic carbocycles. The second-order valence-corrected chi connectivity index (χ2v) is 5.29. The van der Waals surface area contributed by atoms with E-state index < -0.39 is 0 Å². The average molecular weight is 228 g/mol. The SMILES string of the molecule is CCCCC(C)CCC(CCCC)C1OO1. The van der Waals surface area contributed by atoms with Gasteiger partial charge in [-0.2, -0.15) is 9.78 Å². The fourth-order valence-corrected chi connectivity index (χ4v) is 2.27. The van der Waals surface area contributed by atoms with Crippen molar-refractivity contribution in [2.45, 2.75) is 78.4 Å². The second kappa shape index (κ2) is 8.08. The van der Waals surface area contributed by atoms with Crippen LogP contribution in [0.4, 0.5) is 0 Å². The van der Waals surface area contributed by atoms with Gasteiger partial charge in [-0.25, -0.2) is 0 Å². The maximum Gasteiger partial charge on any atom is 0.227 e. The fourth-order valence-electron chi connectivity index (χ4n) is 2.27. The zero-order valence-electron chi connectivity index (χ0n) is 11.2. The lowest BCUT2D eigenvalue weighted by molar-refractivity contribution is 0.0850. The molecule has 0 radical (unpaired) electrons. The highest BCUT2D eigenvalue weighted by molar-refractivity contribution is 4.68. The minimum absolute atomic E-state index is 0.130. The van der Waals surface area contributed by atoms with Crippen LogP contribution in [0.15, 0.2) is 0 Å². The standard InChI is InChI=1S/C14H28O2/c1-4-6-8-12(3)10-11-13(9-7-5-2)14-15-16-14/h12-14H,4-11H2,1-3H3. The van der Waals surface area contributed by atoms with Crippen molar-refractivity contribution in [3.63, 3.8) is 0 Å². The Kier molecular flexibility index (Phi) is 7.06. The molecule has 0 saturated carbocycles. The van der Waals surface area contributed by atoms with Crippen molar-refractivity contribution in [1.29, 1.82) is 0 Å². The molecule has 16 heavy (non-hydrogen) atoms. The summed E-state index contributed by atoms with van der Waals surface area (Å²) < 4.78 is 0. The summed E-state index contributed by atoms with van der Waals surface area (Å²) in [6, 6.07) is 0. The molecule has 0 amide bonds. The van der Waals surface area contributed by atoms with Gasteiger partial charge in [-0.1, -0.05) is 59.3 Å². The summed E-state index contributed by atoms with van der Waals surface area (Å²) in [6.45, 7) is 6.89. The summed E-state index contributed by atoms with van der Waals surface area (Å²) in [6.07, 6.45) is 10.6. The van der Waals surface area contributed by atoms with Crippen LogP contribution in [0.1, 0.15) is 72.1 Å². The zero-order chi connectivity index (χ0) is 11.8. The van der Waals surface area contributed by atoms with Crippen LogP contribution >= 0.6 is 0 Å². The molecule has 1 fully saturated rings. The maximum absolute atomic E-state index is 4.98. The van der Waals surface area contributed by atoms with Crippen molar-refractivity contribution < 1.29 is 9.78 Å². The molecule has 0 aromatic rings. The molecule has 0 N–H and O–H groups in total. The molecular weight excluding hydrogens is 200 g/mol. The highest BCUT2D eigenvalue weighted by atomic mass is 17.4. The van der Waals surface area contributed by atoms with Crippen LogP contribution in [0.2, 0.25) is 0 Å². The molecule has 2 atom stereocenters. The Bertz CT molecular complexity index is 166. The van der Waals surface area contributed by atoms with Crippen molar-refractivity contribution in [3.05, 3.63) is 0 Å². The van der Waals surface area contributed by atoms with E-state index in [4.69, 9.17) is 9.78 Å². The molecule has 1 aliphatic rings. The van der Waals surface area contributed by atoms with Crippen LogP contribution in [0, 0.1) is 11.8 Å². The molecule has 2 unspecified atom stereocenters. The second-order valence-electron chi connectivity index (χ2n) is 5.29. The molecule has 2 heteroatoms. The molecule has 2 nitrogen and oxygen atoms in total. The molecule has 1 saturated heterocycles. The molecular formula is C14H28O2. The van der Waals surface area contributed by atoms with Gasteiger partial charge in [0.25, 0.3) is 0 Å². The van der Waals surface area contributed by atoms with Gasteiger partial charge in [0, 0.05) is 5.92 Å². The largest absolute Gasteiger partial charge is 0.227 e. The Morgan fingerprint density at radius 3 is 2.06 bits per heavy atom. The third kappa shape index (κ3) is 5.86. The van der Waals surface area contributed by atoms with Gasteiger partial charge in [0.2, 0.25) is 6.29 Å². The van der Waals surface area contributed by atoms with Crippen LogP contribution in [0.25, 0.3) is 0 Å². The molecule has 96 valence electrons. The van der Waals surface area contributed by atoms with Gasteiger partial charge in [-0.3, -0.25) is 0 Å². The minimum Gasteiger partial charge on any atom is -0.198 e. The zero-order valence-corrected chi connectivity index (χ0v) is 11.2. The van der Waals surface area contributed by atoms with Gasteiger partial charge in [0.15, 0.2) is 0 Å². The summed E-state index contributed by atoms with van der Waals surface area (Å²) in [4.78, 5) is 9.96. The van der Waals surface area contributed by atoms with Gasteiger partial charge in [-0.05, 0) is 18.8 Å². The van der Waals surface area contributed by atoms with Gasteiger partial charge < -0.3 is 0 Å². The molecule has 1 rings (SSSR count). The Labute approximate surface area is 101 Å². The van der Waals surface area contributed by atoms with E-state index in [9.17, 15) is 0 Å². The third-order valence-electron chi connectivity index (χ3n) is 3.60. The third-order valence-corrected chi connectivity index (χ3v) is 3.60. The maximum atomic E-state index is 4.98. The predicted molar refractivity (Wildman–Crippen MR) is 66.9 cm³/mol. The number of hydrogen-bond donors (Lipinski definition) is 0. The van der Waals surface area contributed by atoms with Crippen LogP contribution in [0.5, 0.6) is 0 Å². The van der Waals surface area contributed by atoms with E-state index in [-0.39, 0.29) is 6.29 Å². The Morgan fingerprint density at radius 2 is 1.50 bits per heavy atom. The predicted octanol–water partition coefficient (Wildman–Crippen LogP) is 4.69. The molecule has 1 heterocycles. The highest BCUT2D eigenvalue weighted by Crippen LogP contribution is 2.32.